The SMILES string of the molecule is CCOc1ccc(Br)cc1S(=O)(=O)N[C@@H](Cc1c[nH]c2ccccc12)C(=O)O. The first-order valence-electron chi connectivity index (χ1n) is 8.54. The summed E-state index contributed by atoms with van der Waals surface area (Å²) in [5.41, 5.74) is 1.57. The Labute approximate surface area is 170 Å². The van der Waals surface area contributed by atoms with E-state index in [0.29, 0.717) is 10.0 Å². The summed E-state index contributed by atoms with van der Waals surface area (Å²) >= 11 is 3.24. The highest BCUT2D eigenvalue weighted by atomic mass is 79.9. The van der Waals surface area contributed by atoms with Gasteiger partial charge in [0, 0.05) is 28.0 Å². The molecule has 148 valence electrons. The number of carboxylic acid groups (broad SMARTS) is 1. The summed E-state index contributed by atoms with van der Waals surface area (Å²) in [6, 6.07) is 10.7. The van der Waals surface area contributed by atoms with Crippen LogP contribution < -0.4 is 9.46 Å². The average Bonchev–Trinajstić information content (AvgIpc) is 3.05. The summed E-state index contributed by atoms with van der Waals surface area (Å²) in [5.74, 6) is -1.10. The van der Waals surface area contributed by atoms with E-state index in [-0.39, 0.29) is 23.7 Å². The van der Waals surface area contributed by atoms with Crippen molar-refractivity contribution in [3.05, 3.63) is 58.7 Å². The number of aromatic nitrogens is 1. The van der Waals surface area contributed by atoms with Crippen molar-refractivity contribution in [1.82, 2.24) is 9.71 Å². The van der Waals surface area contributed by atoms with E-state index in [1.54, 1.807) is 19.2 Å². The van der Waals surface area contributed by atoms with Gasteiger partial charge in [0.2, 0.25) is 10.0 Å². The van der Waals surface area contributed by atoms with Gasteiger partial charge in [0.15, 0.2) is 0 Å². The summed E-state index contributed by atoms with van der Waals surface area (Å²) in [7, 11) is -4.13. The first kappa shape index (κ1) is 20.4. The molecule has 7 nitrogen and oxygen atoms in total. The van der Waals surface area contributed by atoms with E-state index in [1.807, 2.05) is 24.3 Å². The Morgan fingerprint density at radius 2 is 2.04 bits per heavy atom. The molecule has 0 fully saturated rings. The largest absolute Gasteiger partial charge is 0.492 e. The van der Waals surface area contributed by atoms with Crippen LogP contribution in [0.2, 0.25) is 0 Å². The van der Waals surface area contributed by atoms with Crippen molar-refractivity contribution in [3.63, 3.8) is 0 Å². The monoisotopic (exact) mass is 466 g/mol. The number of ether oxygens (including phenoxy) is 1. The summed E-state index contributed by atoms with van der Waals surface area (Å²) in [5, 5.41) is 10.5. The number of hydrogen-bond donors (Lipinski definition) is 3. The van der Waals surface area contributed by atoms with Crippen LogP contribution in [0.5, 0.6) is 5.75 Å². The molecule has 0 radical (unpaired) electrons. The van der Waals surface area contributed by atoms with Crippen LogP contribution in [0.4, 0.5) is 0 Å². The third kappa shape index (κ3) is 4.37. The Morgan fingerprint density at radius 3 is 2.75 bits per heavy atom. The fourth-order valence-corrected chi connectivity index (χ4v) is 4.79. The lowest BCUT2D eigenvalue weighted by molar-refractivity contribution is -0.138. The van der Waals surface area contributed by atoms with Gasteiger partial charge < -0.3 is 14.8 Å². The molecule has 0 aliphatic heterocycles. The second-order valence-corrected chi connectivity index (χ2v) is 8.70. The fraction of sp³-hybridized carbons (Fsp3) is 0.211. The highest BCUT2D eigenvalue weighted by Gasteiger charge is 2.29. The molecule has 0 aliphatic carbocycles. The van der Waals surface area contributed by atoms with Crippen LogP contribution in [0, 0.1) is 0 Å². The Morgan fingerprint density at radius 1 is 1.29 bits per heavy atom. The third-order valence-electron chi connectivity index (χ3n) is 4.19. The number of aromatic amines is 1. The minimum atomic E-state index is -4.13. The summed E-state index contributed by atoms with van der Waals surface area (Å²) < 4.78 is 34.0. The molecule has 9 heteroatoms. The second kappa shape index (κ2) is 8.34. The van der Waals surface area contributed by atoms with E-state index in [2.05, 4.69) is 25.6 Å². The second-order valence-electron chi connectivity index (χ2n) is 6.10. The molecule has 0 bridgehead atoms. The molecule has 0 aliphatic rings. The number of aliphatic carboxylic acids is 1. The molecule has 1 atom stereocenters. The maximum Gasteiger partial charge on any atom is 0.322 e. The Kier molecular flexibility index (Phi) is 6.07. The summed E-state index contributed by atoms with van der Waals surface area (Å²) in [6.45, 7) is 2.02. The van der Waals surface area contributed by atoms with Gasteiger partial charge in [0.05, 0.1) is 6.61 Å². The van der Waals surface area contributed by atoms with Gasteiger partial charge in [-0.05, 0) is 36.8 Å². The lowest BCUT2D eigenvalue weighted by Gasteiger charge is -2.17. The van der Waals surface area contributed by atoms with Crippen LogP contribution in [0.25, 0.3) is 10.9 Å². The van der Waals surface area contributed by atoms with Crippen LogP contribution in [0.15, 0.2) is 58.0 Å². The molecule has 0 saturated heterocycles. The molecule has 0 amide bonds. The molecule has 3 N–H and O–H groups in total. The van der Waals surface area contributed by atoms with Crippen LogP contribution in [0.3, 0.4) is 0 Å². The molecule has 0 saturated carbocycles. The lowest BCUT2D eigenvalue weighted by atomic mass is 10.1. The number of sulfonamides is 1. The lowest BCUT2D eigenvalue weighted by Crippen LogP contribution is -2.42. The molecular weight excluding hydrogens is 448 g/mol. The van der Waals surface area contributed by atoms with Crippen LogP contribution >= 0.6 is 15.9 Å². The number of fused-ring (bicyclic) bond motifs is 1. The van der Waals surface area contributed by atoms with Gasteiger partial charge in [0.1, 0.15) is 16.7 Å². The number of carbonyl (C=O) groups is 1. The highest BCUT2D eigenvalue weighted by molar-refractivity contribution is 9.10. The highest BCUT2D eigenvalue weighted by Crippen LogP contribution is 2.28. The number of nitrogens with one attached hydrogen (secondary N) is 2. The number of rotatable bonds is 8. The van der Waals surface area contributed by atoms with Gasteiger partial charge in [-0.2, -0.15) is 4.72 Å². The number of hydrogen-bond acceptors (Lipinski definition) is 4. The normalized spacial score (nSPS) is 12.8. The van der Waals surface area contributed by atoms with Crippen molar-refractivity contribution in [2.45, 2.75) is 24.3 Å². The quantitative estimate of drug-likeness (QED) is 0.471. The van der Waals surface area contributed by atoms with E-state index in [1.165, 1.54) is 12.1 Å². The average molecular weight is 467 g/mol. The molecule has 3 rings (SSSR count). The minimum absolute atomic E-state index is 0.00342. The van der Waals surface area contributed by atoms with Crippen molar-refractivity contribution < 1.29 is 23.1 Å². The zero-order chi connectivity index (χ0) is 20.3. The fourth-order valence-electron chi connectivity index (χ4n) is 2.92. The number of benzene rings is 2. The van der Waals surface area contributed by atoms with Crippen LogP contribution in [-0.4, -0.2) is 37.1 Å². The topological polar surface area (TPSA) is 108 Å². The van der Waals surface area contributed by atoms with Gasteiger partial charge in [-0.15, -0.1) is 0 Å². The van der Waals surface area contributed by atoms with Gasteiger partial charge in [-0.3, -0.25) is 4.79 Å². The van der Waals surface area contributed by atoms with Crippen LogP contribution in [-0.2, 0) is 21.2 Å². The smallest absolute Gasteiger partial charge is 0.322 e. The first-order valence-corrected chi connectivity index (χ1v) is 10.8. The van der Waals surface area contributed by atoms with Crippen molar-refractivity contribution >= 4 is 42.8 Å². The maximum absolute atomic E-state index is 12.9. The first-order chi connectivity index (χ1) is 13.3. The minimum Gasteiger partial charge on any atom is -0.492 e. The van der Waals surface area contributed by atoms with Gasteiger partial charge >= 0.3 is 5.97 Å². The molecule has 3 aromatic rings. The van der Waals surface area contributed by atoms with E-state index in [0.717, 1.165) is 10.9 Å². The molecule has 28 heavy (non-hydrogen) atoms. The predicted molar refractivity (Wildman–Crippen MR) is 109 cm³/mol. The molecule has 1 aromatic heterocycles. The van der Waals surface area contributed by atoms with Crippen molar-refractivity contribution in [3.8, 4) is 5.75 Å². The van der Waals surface area contributed by atoms with Crippen molar-refractivity contribution in [2.75, 3.05) is 6.61 Å². The van der Waals surface area contributed by atoms with Crippen molar-refractivity contribution in [1.29, 1.82) is 0 Å². The molecular formula is C19H19BrN2O5S. The number of halogens is 1. The van der Waals surface area contributed by atoms with E-state index in [4.69, 9.17) is 4.74 Å². The number of carboxylic acids is 1. The maximum atomic E-state index is 12.9. The molecule has 2 aromatic carbocycles. The number of para-hydroxylation sites is 1. The van der Waals surface area contributed by atoms with E-state index >= 15 is 0 Å². The standard InChI is InChI=1S/C19H19BrN2O5S/c1-2-27-17-8-7-13(20)10-18(17)28(25,26)22-16(19(23)24)9-12-11-21-15-6-4-3-5-14(12)15/h3-8,10-11,16,21-22H,2,9H2,1H3,(H,23,24)/t16-/m0/s1. The Bertz CT molecular complexity index is 1110. The molecule has 0 spiro atoms. The molecule has 0 unspecified atom stereocenters. The van der Waals surface area contributed by atoms with E-state index < -0.39 is 22.0 Å². The van der Waals surface area contributed by atoms with E-state index in [9.17, 15) is 18.3 Å². The number of H-pyrrole nitrogens is 1. The third-order valence-corrected chi connectivity index (χ3v) is 6.18. The Hall–Kier alpha value is -2.36. The van der Waals surface area contributed by atoms with Crippen molar-refractivity contribution in [2.24, 2.45) is 0 Å². The van der Waals surface area contributed by atoms with Gasteiger partial charge in [-0.1, -0.05) is 34.1 Å². The van der Waals surface area contributed by atoms with Crippen LogP contribution in [0.1, 0.15) is 12.5 Å². The Balaban J connectivity index is 1.92. The predicted octanol–water partition coefficient (Wildman–Crippen LogP) is 3.30. The zero-order valence-electron chi connectivity index (χ0n) is 15.0. The molecule has 1 heterocycles. The summed E-state index contributed by atoms with van der Waals surface area (Å²) in [4.78, 5) is 14.7. The zero-order valence-corrected chi connectivity index (χ0v) is 17.4. The summed E-state index contributed by atoms with van der Waals surface area (Å²) in [6.07, 6.45) is 1.69. The van der Waals surface area contributed by atoms with Gasteiger partial charge in [0.25, 0.3) is 0 Å². The van der Waals surface area contributed by atoms with Gasteiger partial charge in [-0.25, -0.2) is 8.42 Å².